The molecule has 0 saturated carbocycles. The zero-order valence-corrected chi connectivity index (χ0v) is 7.41. The van der Waals surface area contributed by atoms with E-state index in [4.69, 9.17) is 29.4 Å². The van der Waals surface area contributed by atoms with Crippen molar-refractivity contribution in [3.05, 3.63) is 0 Å². The molecule has 8 nitrogen and oxygen atoms in total. The van der Waals surface area contributed by atoms with Crippen LogP contribution in [0.2, 0.25) is 0 Å². The summed E-state index contributed by atoms with van der Waals surface area (Å²) in [5.74, 6) is 0. The molecule has 0 aromatic heterocycles. The van der Waals surface area contributed by atoms with Gasteiger partial charge in [-0.1, -0.05) is 0 Å². The molecular weight excluding hydrogens is 222 g/mol. The zero-order chi connectivity index (χ0) is 9.50. The van der Waals surface area contributed by atoms with Crippen molar-refractivity contribution < 1.29 is 37.8 Å². The van der Waals surface area contributed by atoms with Crippen molar-refractivity contribution in [1.82, 2.24) is 0 Å². The Kier molecular flexibility index (Phi) is 2.95. The van der Waals surface area contributed by atoms with Crippen LogP contribution in [0.15, 0.2) is 0 Å². The van der Waals surface area contributed by atoms with Gasteiger partial charge >= 0.3 is 23.4 Å². The van der Waals surface area contributed by atoms with Crippen LogP contribution in [0.25, 0.3) is 0 Å². The highest BCUT2D eigenvalue weighted by Gasteiger charge is 2.72. The maximum absolute atomic E-state index is 10.3. The van der Waals surface area contributed by atoms with E-state index in [1.54, 1.807) is 0 Å². The average Bonchev–Trinajstić information content (AvgIpc) is 1.58. The first-order valence-corrected chi connectivity index (χ1v) is 7.89. The molecule has 0 aromatic carbocycles. The summed E-state index contributed by atoms with van der Waals surface area (Å²) in [4.78, 5) is 48.4. The summed E-state index contributed by atoms with van der Waals surface area (Å²) in [5.41, 5.74) is 0. The highest BCUT2D eigenvalue weighted by molar-refractivity contribution is 8.81. The van der Waals surface area contributed by atoms with E-state index in [0.29, 0.717) is 0 Å². The Bertz CT molecular complexity index is 204. The maximum Gasteiger partial charge on any atom is 0.578 e. The van der Waals surface area contributed by atoms with Gasteiger partial charge in [-0.25, -0.2) is 0 Å². The Labute approximate surface area is 62.0 Å². The predicted octanol–water partition coefficient (Wildman–Crippen LogP) is -2.29. The molecule has 0 spiro atoms. The molecule has 0 bridgehead atoms. The van der Waals surface area contributed by atoms with E-state index in [1.165, 1.54) is 0 Å². The van der Waals surface area contributed by atoms with Gasteiger partial charge in [0.15, 0.2) is 0 Å². The van der Waals surface area contributed by atoms with Gasteiger partial charge in [0.2, 0.25) is 0 Å². The van der Waals surface area contributed by atoms with Crippen LogP contribution in [-0.2, 0) is 9.08 Å². The molecule has 11 heteroatoms. The molecule has 11 heavy (non-hydrogen) atoms. The molecule has 6 N–H and O–H groups in total. The number of hydrogen-bond donors (Lipinski definition) is 6. The van der Waals surface area contributed by atoms with Crippen LogP contribution in [0, 0.1) is 0 Å². The zero-order valence-electron chi connectivity index (χ0n) is 4.80. The molecule has 0 aliphatic carbocycles. The summed E-state index contributed by atoms with van der Waals surface area (Å²) >= 11 is 0. The van der Waals surface area contributed by atoms with Crippen molar-refractivity contribution in [3.8, 4) is 0 Å². The fraction of sp³-hybridized carbons (Fsp3) is 0. The van der Waals surface area contributed by atoms with Gasteiger partial charge in [0.1, 0.15) is 0 Å². The van der Waals surface area contributed by atoms with Gasteiger partial charge in [-0.2, -0.15) is 29.4 Å². The minimum Gasteiger partial charge on any atom is -0.177 e. The van der Waals surface area contributed by atoms with Gasteiger partial charge in [-0.3, -0.25) is 0 Å². The van der Waals surface area contributed by atoms with E-state index in [9.17, 15) is 8.42 Å². The molecule has 0 amide bonds. The topological polar surface area (TPSA) is 156 Å². The quantitative estimate of drug-likeness (QED) is 0.288. The fourth-order valence-electron chi connectivity index (χ4n) is 0.147. The summed E-state index contributed by atoms with van der Waals surface area (Å²) in [6.45, 7) is 0. The molecule has 0 aliphatic heterocycles. The first kappa shape index (κ1) is 11.6. The van der Waals surface area contributed by atoms with E-state index in [2.05, 4.69) is 0 Å². The van der Waals surface area contributed by atoms with Crippen molar-refractivity contribution in [1.29, 1.82) is 0 Å². The molecule has 0 aliphatic rings. The van der Waals surface area contributed by atoms with Crippen molar-refractivity contribution >= 4 is 23.4 Å². The summed E-state index contributed by atoms with van der Waals surface area (Å²) in [5, 5.41) is 0. The third-order valence-electron chi connectivity index (χ3n) is 0.619. The Morgan fingerprint density at radius 2 is 0.909 bits per heavy atom. The second kappa shape index (κ2) is 2.81. The highest BCUT2D eigenvalue weighted by atomic mass is 33.1. The fourth-order valence-corrected chi connectivity index (χ4v) is 3.97. The molecule has 0 fully saturated rings. The summed E-state index contributed by atoms with van der Waals surface area (Å²) < 4.78 is 20.5. The highest BCUT2D eigenvalue weighted by Crippen LogP contribution is 2.71. The van der Waals surface area contributed by atoms with Crippen molar-refractivity contribution in [2.75, 3.05) is 0 Å². The SMILES string of the molecule is O=S(=O)([P+](O)(O)O)[P+](O)(O)O. The third-order valence-corrected chi connectivity index (χ3v) is 9.52. The third kappa shape index (κ3) is 2.25. The monoisotopic (exact) mass is 228 g/mol. The Hall–Kier alpha value is 0.570. The van der Waals surface area contributed by atoms with E-state index < -0.39 is 23.4 Å². The predicted molar refractivity (Wildman–Crippen MR) is 36.1 cm³/mol. The number of rotatable bonds is 2. The normalized spacial score (nSPS) is 15.1. The lowest BCUT2D eigenvalue weighted by atomic mass is 15.8. The second-order valence-electron chi connectivity index (χ2n) is 1.47. The van der Waals surface area contributed by atoms with Gasteiger partial charge in [0, 0.05) is 0 Å². The lowest BCUT2D eigenvalue weighted by molar-refractivity contribution is 0.340. The summed E-state index contributed by atoms with van der Waals surface area (Å²) in [7, 11) is -16.4. The largest absolute Gasteiger partial charge is 0.578 e. The molecule has 0 rings (SSSR count). The lowest BCUT2D eigenvalue weighted by Crippen LogP contribution is -2.10. The van der Waals surface area contributed by atoms with Crippen LogP contribution in [0.1, 0.15) is 0 Å². The Balaban J connectivity index is 5.11. The van der Waals surface area contributed by atoms with Gasteiger partial charge in [0.05, 0.1) is 0 Å². The molecule has 0 atom stereocenters. The van der Waals surface area contributed by atoms with Crippen LogP contribution in [0.3, 0.4) is 0 Å². The molecule has 0 radical (unpaired) electrons. The average molecular weight is 228 g/mol. The minimum atomic E-state index is -5.47. The molecule has 0 heterocycles. The van der Waals surface area contributed by atoms with Crippen molar-refractivity contribution in [2.45, 2.75) is 0 Å². The van der Waals surface area contributed by atoms with Gasteiger partial charge < -0.3 is 0 Å². The van der Waals surface area contributed by atoms with E-state index >= 15 is 0 Å². The standard InChI is InChI=1S/H6O8P2S/c1-9(2,3)11(7,8)10(4,5)6/h1-6H/q+2. The van der Waals surface area contributed by atoms with Crippen LogP contribution < -0.4 is 0 Å². The van der Waals surface area contributed by atoms with Gasteiger partial charge in [0.25, 0.3) is 0 Å². The molecular formula is H6O8P2S+2. The van der Waals surface area contributed by atoms with Crippen molar-refractivity contribution in [2.24, 2.45) is 0 Å². The molecule has 0 aromatic rings. The summed E-state index contributed by atoms with van der Waals surface area (Å²) in [6.07, 6.45) is 0. The first-order chi connectivity index (χ1) is 4.50. The van der Waals surface area contributed by atoms with Crippen LogP contribution >= 0.6 is 14.3 Å². The Morgan fingerprint density at radius 3 is 0.909 bits per heavy atom. The second-order valence-corrected chi connectivity index (χ2v) is 11.1. The van der Waals surface area contributed by atoms with Crippen LogP contribution in [0.4, 0.5) is 0 Å². The first-order valence-electron chi connectivity index (χ1n) is 1.90. The molecule has 0 saturated heterocycles. The number of hydrogen-bond acceptors (Lipinski definition) is 8. The Morgan fingerprint density at radius 1 is 0.727 bits per heavy atom. The minimum absolute atomic E-state index is 5.46. The van der Waals surface area contributed by atoms with Crippen LogP contribution in [-0.4, -0.2) is 37.8 Å². The van der Waals surface area contributed by atoms with Crippen molar-refractivity contribution in [3.63, 3.8) is 0 Å². The van der Waals surface area contributed by atoms with Crippen LogP contribution in [0.5, 0.6) is 0 Å². The van der Waals surface area contributed by atoms with E-state index in [0.717, 1.165) is 0 Å². The summed E-state index contributed by atoms with van der Waals surface area (Å²) in [6, 6.07) is 0. The molecule has 68 valence electrons. The lowest BCUT2D eigenvalue weighted by Gasteiger charge is -2.03. The van der Waals surface area contributed by atoms with Gasteiger partial charge in [-0.05, 0) is 0 Å². The van der Waals surface area contributed by atoms with E-state index in [1.807, 2.05) is 0 Å². The maximum atomic E-state index is 10.3. The smallest absolute Gasteiger partial charge is 0.177 e. The van der Waals surface area contributed by atoms with E-state index in [-0.39, 0.29) is 0 Å². The molecule has 0 unspecified atom stereocenters. The van der Waals surface area contributed by atoms with Gasteiger partial charge in [-0.15, -0.1) is 8.42 Å².